The van der Waals surface area contributed by atoms with Crippen molar-refractivity contribution < 1.29 is 26.4 Å². The van der Waals surface area contributed by atoms with E-state index < -0.39 is 20.0 Å². The normalized spacial score (nSPS) is 16.8. The van der Waals surface area contributed by atoms with Crippen LogP contribution in [0.5, 0.6) is 0 Å². The van der Waals surface area contributed by atoms with Crippen molar-refractivity contribution in [3.8, 4) is 0 Å². The van der Waals surface area contributed by atoms with Crippen molar-refractivity contribution in [2.24, 2.45) is 0 Å². The van der Waals surface area contributed by atoms with Gasteiger partial charge in [-0.2, -0.15) is 8.61 Å². The average molecular weight is 533 g/mol. The molecule has 36 heavy (non-hydrogen) atoms. The van der Waals surface area contributed by atoms with Gasteiger partial charge < -0.3 is 10.6 Å². The predicted octanol–water partition coefficient (Wildman–Crippen LogP) is 2.56. The number of nitrogens with one attached hydrogen (secondary N) is 2. The first kappa shape index (κ1) is 26.0. The Morgan fingerprint density at radius 1 is 0.694 bits per heavy atom. The standard InChI is InChI=1S/C24H28N4O6S2/c1-17(29)25-21-9-7-19(23(15-21)35(31,32)27-11-3-12-27)5-6-20-8-10-22(26-18(2)30)16-24(20)36(33,34)28-13-4-14-28/h5-10,15-16H,3-4,11-14H2,1-2H3,(H,25,29)(H,26,30)/b6-5+. The van der Waals surface area contributed by atoms with Crippen LogP contribution in [0.3, 0.4) is 0 Å². The molecule has 0 bridgehead atoms. The van der Waals surface area contributed by atoms with Crippen LogP contribution in [0.15, 0.2) is 46.2 Å². The van der Waals surface area contributed by atoms with E-state index in [4.69, 9.17) is 0 Å². The quantitative estimate of drug-likeness (QED) is 0.502. The van der Waals surface area contributed by atoms with Gasteiger partial charge in [0.1, 0.15) is 0 Å². The Hall–Kier alpha value is -3.06. The van der Waals surface area contributed by atoms with E-state index in [9.17, 15) is 26.4 Å². The fraction of sp³-hybridized carbons (Fsp3) is 0.333. The second-order valence-electron chi connectivity index (χ2n) is 8.72. The molecule has 0 atom stereocenters. The van der Waals surface area contributed by atoms with E-state index in [0.29, 0.717) is 48.7 Å². The fourth-order valence-corrected chi connectivity index (χ4v) is 7.32. The van der Waals surface area contributed by atoms with Crippen molar-refractivity contribution in [2.45, 2.75) is 36.5 Å². The summed E-state index contributed by atoms with van der Waals surface area (Å²) in [4.78, 5) is 23.1. The molecule has 2 aromatic rings. The lowest BCUT2D eigenvalue weighted by Gasteiger charge is -2.30. The number of sulfonamides is 2. The molecule has 2 amide bonds. The molecule has 2 saturated heterocycles. The van der Waals surface area contributed by atoms with E-state index >= 15 is 0 Å². The van der Waals surface area contributed by atoms with Crippen molar-refractivity contribution in [1.29, 1.82) is 0 Å². The highest BCUT2D eigenvalue weighted by atomic mass is 32.2. The number of carbonyl (C=O) groups is 2. The van der Waals surface area contributed by atoms with Crippen LogP contribution in [-0.2, 0) is 29.6 Å². The molecule has 12 heteroatoms. The molecule has 2 aliphatic rings. The first-order valence-corrected chi connectivity index (χ1v) is 14.4. The van der Waals surface area contributed by atoms with Gasteiger partial charge in [0, 0.05) is 51.4 Å². The van der Waals surface area contributed by atoms with Gasteiger partial charge in [-0.25, -0.2) is 16.8 Å². The summed E-state index contributed by atoms with van der Waals surface area (Å²) in [6, 6.07) is 9.15. The molecule has 2 fully saturated rings. The Morgan fingerprint density at radius 3 is 1.33 bits per heavy atom. The molecule has 0 spiro atoms. The summed E-state index contributed by atoms with van der Waals surface area (Å²) in [5.41, 5.74) is 1.40. The minimum absolute atomic E-state index is 0.0201. The predicted molar refractivity (Wildman–Crippen MR) is 137 cm³/mol. The minimum Gasteiger partial charge on any atom is -0.326 e. The number of carbonyl (C=O) groups excluding carboxylic acids is 2. The van der Waals surface area contributed by atoms with Gasteiger partial charge in [-0.3, -0.25) is 9.59 Å². The molecule has 0 saturated carbocycles. The van der Waals surface area contributed by atoms with Crippen LogP contribution >= 0.6 is 0 Å². The molecule has 0 aliphatic carbocycles. The summed E-state index contributed by atoms with van der Waals surface area (Å²) in [6.45, 7) is 4.33. The smallest absolute Gasteiger partial charge is 0.243 e. The highest BCUT2D eigenvalue weighted by Crippen LogP contribution is 2.31. The van der Waals surface area contributed by atoms with E-state index in [2.05, 4.69) is 10.6 Å². The maximum atomic E-state index is 13.2. The van der Waals surface area contributed by atoms with Crippen molar-refractivity contribution in [2.75, 3.05) is 36.8 Å². The summed E-state index contributed by atoms with van der Waals surface area (Å²) >= 11 is 0. The number of nitrogens with zero attached hydrogens (tertiary/aromatic N) is 2. The summed E-state index contributed by atoms with van der Waals surface area (Å²) < 4.78 is 55.6. The van der Waals surface area contributed by atoms with Crippen molar-refractivity contribution in [1.82, 2.24) is 8.61 Å². The monoisotopic (exact) mass is 532 g/mol. The first-order chi connectivity index (χ1) is 17.0. The van der Waals surface area contributed by atoms with Gasteiger partial charge in [0.25, 0.3) is 0 Å². The Labute approximate surface area is 211 Å². The molecule has 2 N–H and O–H groups in total. The van der Waals surface area contributed by atoms with Gasteiger partial charge in [0.15, 0.2) is 0 Å². The van der Waals surface area contributed by atoms with E-state index in [1.54, 1.807) is 36.4 Å². The third kappa shape index (κ3) is 5.36. The summed E-state index contributed by atoms with van der Waals surface area (Å²) in [5, 5.41) is 5.21. The topological polar surface area (TPSA) is 133 Å². The lowest BCUT2D eigenvalue weighted by molar-refractivity contribution is -0.115. The Kier molecular flexibility index (Phi) is 7.32. The number of benzene rings is 2. The van der Waals surface area contributed by atoms with Crippen molar-refractivity contribution >= 4 is 55.4 Å². The molecular formula is C24H28N4O6S2. The van der Waals surface area contributed by atoms with Gasteiger partial charge in [0.05, 0.1) is 9.79 Å². The largest absolute Gasteiger partial charge is 0.326 e. The van der Waals surface area contributed by atoms with E-state index in [0.717, 1.165) is 12.8 Å². The SMILES string of the molecule is CC(=O)Nc1ccc(/C=C/c2ccc(NC(C)=O)cc2S(=O)(=O)N2CCC2)c(S(=O)(=O)N2CCC2)c1. The molecule has 2 heterocycles. The first-order valence-electron chi connectivity index (χ1n) is 11.5. The lowest BCUT2D eigenvalue weighted by Crippen LogP contribution is -2.42. The second kappa shape index (κ2) is 10.1. The van der Waals surface area contributed by atoms with Crippen LogP contribution in [0.25, 0.3) is 12.2 Å². The molecule has 0 radical (unpaired) electrons. The number of anilines is 2. The Balaban J connectivity index is 1.78. The van der Waals surface area contributed by atoms with Crippen molar-refractivity contribution in [3.05, 3.63) is 47.5 Å². The number of rotatable bonds is 8. The van der Waals surface area contributed by atoms with Crippen LogP contribution in [0.2, 0.25) is 0 Å². The molecular weight excluding hydrogens is 504 g/mol. The second-order valence-corrected chi connectivity index (χ2v) is 12.5. The molecule has 4 rings (SSSR count). The maximum Gasteiger partial charge on any atom is 0.243 e. The fourth-order valence-electron chi connectivity index (χ4n) is 3.87. The molecule has 0 unspecified atom stereocenters. The van der Waals surface area contributed by atoms with Gasteiger partial charge >= 0.3 is 0 Å². The van der Waals surface area contributed by atoms with E-state index in [1.165, 1.54) is 34.6 Å². The number of hydrogen-bond donors (Lipinski definition) is 2. The zero-order valence-electron chi connectivity index (χ0n) is 20.0. The zero-order valence-corrected chi connectivity index (χ0v) is 21.7. The molecule has 2 aromatic carbocycles. The lowest BCUT2D eigenvalue weighted by atomic mass is 10.1. The van der Waals surface area contributed by atoms with Crippen LogP contribution in [0.4, 0.5) is 11.4 Å². The van der Waals surface area contributed by atoms with E-state index in [-0.39, 0.29) is 21.6 Å². The summed E-state index contributed by atoms with van der Waals surface area (Å²) in [7, 11) is -7.61. The third-order valence-electron chi connectivity index (χ3n) is 5.98. The van der Waals surface area contributed by atoms with Gasteiger partial charge in [-0.1, -0.05) is 24.3 Å². The van der Waals surface area contributed by atoms with Crippen LogP contribution in [0, 0.1) is 0 Å². The third-order valence-corrected chi connectivity index (χ3v) is 9.88. The van der Waals surface area contributed by atoms with Gasteiger partial charge in [0.2, 0.25) is 31.9 Å². The van der Waals surface area contributed by atoms with Crippen molar-refractivity contribution in [3.63, 3.8) is 0 Å². The van der Waals surface area contributed by atoms with Crippen LogP contribution in [0.1, 0.15) is 37.8 Å². The zero-order chi connectivity index (χ0) is 26.1. The molecule has 0 aromatic heterocycles. The van der Waals surface area contributed by atoms with Crippen LogP contribution in [-0.4, -0.2) is 63.4 Å². The van der Waals surface area contributed by atoms with Gasteiger partial charge in [-0.15, -0.1) is 0 Å². The maximum absolute atomic E-state index is 13.2. The highest BCUT2D eigenvalue weighted by molar-refractivity contribution is 7.89. The van der Waals surface area contributed by atoms with Gasteiger partial charge in [-0.05, 0) is 48.2 Å². The molecule has 192 valence electrons. The molecule has 2 aliphatic heterocycles. The summed E-state index contributed by atoms with van der Waals surface area (Å²) in [5.74, 6) is -0.656. The Morgan fingerprint density at radius 2 is 1.06 bits per heavy atom. The Bertz CT molecular complexity index is 1330. The number of hydrogen-bond acceptors (Lipinski definition) is 6. The molecule has 10 nitrogen and oxygen atoms in total. The number of amides is 2. The van der Waals surface area contributed by atoms with Crippen LogP contribution < -0.4 is 10.6 Å². The van der Waals surface area contributed by atoms with E-state index in [1.807, 2.05) is 0 Å². The summed E-state index contributed by atoms with van der Waals surface area (Å²) in [6.07, 6.45) is 4.64. The highest BCUT2D eigenvalue weighted by Gasteiger charge is 2.32. The minimum atomic E-state index is -3.81. The average Bonchev–Trinajstić information content (AvgIpc) is 2.69.